The van der Waals surface area contributed by atoms with Crippen LogP contribution in [-0.4, -0.2) is 54.1 Å². The Morgan fingerprint density at radius 1 is 1.37 bits per heavy atom. The van der Waals surface area contributed by atoms with Gasteiger partial charge in [0.25, 0.3) is 0 Å². The molecule has 0 amide bonds. The number of likely N-dealkylation sites (N-methyl/N-ethyl adjacent to an activating group) is 1. The molecule has 0 radical (unpaired) electrons. The van der Waals surface area contributed by atoms with Gasteiger partial charge < -0.3 is 15.0 Å². The molecule has 0 saturated carbocycles. The summed E-state index contributed by atoms with van der Waals surface area (Å²) in [6.45, 7) is 3.28. The van der Waals surface area contributed by atoms with Crippen molar-refractivity contribution < 1.29 is 13.2 Å². The Morgan fingerprint density at radius 3 is 2.58 bits per heavy atom. The van der Waals surface area contributed by atoms with Crippen LogP contribution in [-0.2, 0) is 14.6 Å². The highest BCUT2D eigenvalue weighted by Gasteiger charge is 2.16. The summed E-state index contributed by atoms with van der Waals surface area (Å²) in [6.07, 6.45) is 1.39. The minimum absolute atomic E-state index is 0.174. The summed E-state index contributed by atoms with van der Waals surface area (Å²) < 4.78 is 28.4. The minimum Gasteiger partial charge on any atom is -0.374 e. The normalized spacial score (nSPS) is 20.2. The smallest absolute Gasteiger partial charge is 0.175 e. The molecular formula is C13H20N2O3S. The Morgan fingerprint density at radius 2 is 2.05 bits per heavy atom. The average molecular weight is 284 g/mol. The number of nitrogens with one attached hydrogen (secondary N) is 1. The van der Waals surface area contributed by atoms with Gasteiger partial charge in [-0.05, 0) is 24.3 Å². The lowest BCUT2D eigenvalue weighted by Gasteiger charge is -2.29. The third-order valence-corrected chi connectivity index (χ3v) is 4.32. The fourth-order valence-electron chi connectivity index (χ4n) is 2.10. The fourth-order valence-corrected chi connectivity index (χ4v) is 2.73. The summed E-state index contributed by atoms with van der Waals surface area (Å²) in [7, 11) is -1.15. The number of rotatable bonds is 4. The highest BCUT2D eigenvalue weighted by molar-refractivity contribution is 7.90. The van der Waals surface area contributed by atoms with Crippen molar-refractivity contribution in [3.8, 4) is 0 Å². The van der Waals surface area contributed by atoms with Gasteiger partial charge in [-0.1, -0.05) is 0 Å². The molecule has 1 unspecified atom stereocenters. The number of hydrogen-bond acceptors (Lipinski definition) is 5. The van der Waals surface area contributed by atoms with E-state index in [1.54, 1.807) is 12.1 Å². The van der Waals surface area contributed by atoms with Crippen molar-refractivity contribution in [3.05, 3.63) is 24.3 Å². The topological polar surface area (TPSA) is 58.6 Å². The predicted molar refractivity (Wildman–Crippen MR) is 75.4 cm³/mol. The monoisotopic (exact) mass is 284 g/mol. The molecule has 1 aromatic carbocycles. The van der Waals surface area contributed by atoms with Gasteiger partial charge in [-0.25, -0.2) is 8.42 Å². The van der Waals surface area contributed by atoms with Crippen LogP contribution in [0.5, 0.6) is 0 Å². The molecule has 1 aromatic rings. The maximum absolute atomic E-state index is 11.4. The van der Waals surface area contributed by atoms with Crippen LogP contribution in [0.3, 0.4) is 0 Å². The first-order chi connectivity index (χ1) is 8.97. The molecule has 19 heavy (non-hydrogen) atoms. The lowest BCUT2D eigenvalue weighted by Crippen LogP contribution is -2.44. The molecule has 0 spiro atoms. The van der Waals surface area contributed by atoms with E-state index in [0.29, 0.717) is 4.90 Å². The number of morpholine rings is 1. The van der Waals surface area contributed by atoms with Crippen LogP contribution in [0.1, 0.15) is 0 Å². The van der Waals surface area contributed by atoms with E-state index in [0.717, 1.165) is 31.9 Å². The molecule has 0 aliphatic carbocycles. The molecule has 1 heterocycles. The second-order valence-corrected chi connectivity index (χ2v) is 6.86. The van der Waals surface area contributed by atoms with Crippen molar-refractivity contribution in [1.29, 1.82) is 0 Å². The molecule has 106 valence electrons. The Bertz CT molecular complexity index is 507. The zero-order valence-corrected chi connectivity index (χ0v) is 12.1. The van der Waals surface area contributed by atoms with Crippen LogP contribution < -0.4 is 10.2 Å². The number of nitrogens with zero attached hydrogens (tertiary/aromatic N) is 1. The molecular weight excluding hydrogens is 264 g/mol. The lowest BCUT2D eigenvalue weighted by atomic mass is 10.2. The molecule has 2 rings (SSSR count). The molecule has 1 saturated heterocycles. The molecule has 5 nitrogen and oxygen atoms in total. The first kappa shape index (κ1) is 14.3. The van der Waals surface area contributed by atoms with Crippen LogP contribution >= 0.6 is 0 Å². The van der Waals surface area contributed by atoms with Crippen LogP contribution in [0.25, 0.3) is 0 Å². The SMILES string of the molecule is CN(CC1CNCCO1)c1ccc(S(C)(=O)=O)cc1. The molecule has 1 aliphatic heterocycles. The van der Waals surface area contributed by atoms with E-state index in [-0.39, 0.29) is 6.10 Å². The van der Waals surface area contributed by atoms with Gasteiger partial charge in [-0.15, -0.1) is 0 Å². The first-order valence-corrected chi connectivity index (χ1v) is 8.19. The van der Waals surface area contributed by atoms with Crippen molar-refractivity contribution in [2.45, 2.75) is 11.0 Å². The van der Waals surface area contributed by atoms with Crippen molar-refractivity contribution in [2.24, 2.45) is 0 Å². The van der Waals surface area contributed by atoms with E-state index in [4.69, 9.17) is 4.74 Å². The highest BCUT2D eigenvalue weighted by Crippen LogP contribution is 2.17. The highest BCUT2D eigenvalue weighted by atomic mass is 32.2. The molecule has 1 N–H and O–H groups in total. The second kappa shape index (κ2) is 5.90. The number of hydrogen-bond donors (Lipinski definition) is 1. The van der Waals surface area contributed by atoms with Gasteiger partial charge in [-0.3, -0.25) is 0 Å². The van der Waals surface area contributed by atoms with Crippen molar-refractivity contribution in [2.75, 3.05) is 44.4 Å². The Kier molecular flexibility index (Phi) is 4.44. The Balaban J connectivity index is 2.01. The van der Waals surface area contributed by atoms with Crippen LogP contribution in [0.4, 0.5) is 5.69 Å². The predicted octanol–water partition coefficient (Wildman–Crippen LogP) is 0.515. The van der Waals surface area contributed by atoms with Crippen LogP contribution in [0.2, 0.25) is 0 Å². The summed E-state index contributed by atoms with van der Waals surface area (Å²) in [5.41, 5.74) is 0.988. The Hall–Kier alpha value is -1.11. The van der Waals surface area contributed by atoms with Gasteiger partial charge in [0.1, 0.15) is 0 Å². The van der Waals surface area contributed by atoms with E-state index < -0.39 is 9.84 Å². The van der Waals surface area contributed by atoms with Crippen LogP contribution in [0.15, 0.2) is 29.2 Å². The van der Waals surface area contributed by atoms with Gasteiger partial charge in [0.15, 0.2) is 9.84 Å². The quantitative estimate of drug-likeness (QED) is 0.873. The molecule has 1 fully saturated rings. The van der Waals surface area contributed by atoms with E-state index in [1.165, 1.54) is 6.26 Å². The number of benzene rings is 1. The summed E-state index contributed by atoms with van der Waals surface area (Å²) in [4.78, 5) is 2.42. The third-order valence-electron chi connectivity index (χ3n) is 3.19. The van der Waals surface area contributed by atoms with E-state index >= 15 is 0 Å². The molecule has 0 bridgehead atoms. The zero-order valence-electron chi connectivity index (χ0n) is 11.3. The summed E-state index contributed by atoms with van der Waals surface area (Å²) in [5, 5.41) is 3.29. The summed E-state index contributed by atoms with van der Waals surface area (Å²) in [6, 6.07) is 6.93. The summed E-state index contributed by atoms with van der Waals surface area (Å²) in [5.74, 6) is 0. The van der Waals surface area contributed by atoms with Gasteiger partial charge in [-0.2, -0.15) is 0 Å². The zero-order chi connectivity index (χ0) is 13.9. The van der Waals surface area contributed by atoms with E-state index in [9.17, 15) is 8.42 Å². The second-order valence-electron chi connectivity index (χ2n) is 4.84. The average Bonchev–Trinajstić information content (AvgIpc) is 2.39. The number of ether oxygens (including phenoxy) is 1. The van der Waals surface area contributed by atoms with E-state index in [2.05, 4.69) is 10.2 Å². The number of anilines is 1. The molecule has 6 heteroatoms. The first-order valence-electron chi connectivity index (χ1n) is 6.30. The van der Waals surface area contributed by atoms with Gasteiger partial charge >= 0.3 is 0 Å². The molecule has 1 aliphatic rings. The van der Waals surface area contributed by atoms with Crippen molar-refractivity contribution in [3.63, 3.8) is 0 Å². The maximum Gasteiger partial charge on any atom is 0.175 e. The largest absolute Gasteiger partial charge is 0.374 e. The molecule has 0 aromatic heterocycles. The summed E-state index contributed by atoms with van der Waals surface area (Å²) >= 11 is 0. The Labute approximate surface area is 114 Å². The minimum atomic E-state index is -3.13. The van der Waals surface area contributed by atoms with Gasteiger partial charge in [0.2, 0.25) is 0 Å². The van der Waals surface area contributed by atoms with Crippen molar-refractivity contribution >= 4 is 15.5 Å². The molecule has 1 atom stereocenters. The number of sulfone groups is 1. The maximum atomic E-state index is 11.4. The van der Waals surface area contributed by atoms with Crippen molar-refractivity contribution in [1.82, 2.24) is 5.32 Å². The van der Waals surface area contributed by atoms with Gasteiger partial charge in [0.05, 0.1) is 17.6 Å². The van der Waals surface area contributed by atoms with Gasteiger partial charge in [0, 0.05) is 38.6 Å². The van der Waals surface area contributed by atoms with Crippen LogP contribution in [0, 0.1) is 0 Å². The lowest BCUT2D eigenvalue weighted by molar-refractivity contribution is 0.0340. The standard InChI is InChI=1S/C13H20N2O3S/c1-15(10-12-9-14-7-8-18-12)11-3-5-13(6-4-11)19(2,16)17/h3-6,12,14H,7-10H2,1-2H3. The fraction of sp³-hybridized carbons (Fsp3) is 0.538. The van der Waals surface area contributed by atoms with E-state index in [1.807, 2.05) is 19.2 Å². The third kappa shape index (κ3) is 3.92.